The van der Waals surface area contributed by atoms with Crippen molar-refractivity contribution in [2.75, 3.05) is 18.6 Å². The Morgan fingerprint density at radius 2 is 2.07 bits per heavy atom. The second-order valence-electron chi connectivity index (χ2n) is 3.37. The molecule has 0 aliphatic heterocycles. The summed E-state index contributed by atoms with van der Waals surface area (Å²) in [6.45, 7) is 1.65. The lowest BCUT2D eigenvalue weighted by atomic mass is 10.3. The van der Waals surface area contributed by atoms with Crippen LogP contribution in [0.4, 0.5) is 0 Å². The Hall–Kier alpha value is -0.620. The second-order valence-corrected chi connectivity index (χ2v) is 5.60. The van der Waals surface area contributed by atoms with Gasteiger partial charge in [0.1, 0.15) is 0 Å². The van der Waals surface area contributed by atoms with Crippen LogP contribution in [0.2, 0.25) is 0 Å². The molecule has 0 radical (unpaired) electrons. The van der Waals surface area contributed by atoms with Gasteiger partial charge in [-0.15, -0.1) is 0 Å². The molecule has 0 bridgehead atoms. The summed E-state index contributed by atoms with van der Waals surface area (Å²) < 4.78 is 22.6. The zero-order chi connectivity index (χ0) is 11.2. The molecule has 6 heteroatoms. The van der Waals surface area contributed by atoms with Crippen LogP contribution in [-0.2, 0) is 14.6 Å². The lowest BCUT2D eigenvalue weighted by Gasteiger charge is -2.06. The van der Waals surface area contributed by atoms with Crippen molar-refractivity contribution in [1.82, 2.24) is 5.32 Å². The first-order valence-electron chi connectivity index (χ1n) is 4.54. The summed E-state index contributed by atoms with van der Waals surface area (Å²) in [5, 5.41) is 2.43. The van der Waals surface area contributed by atoms with Gasteiger partial charge in [-0.05, 0) is 13.3 Å². The number of sulfone groups is 1. The smallest absolute Gasteiger partial charge is 0.219 e. The van der Waals surface area contributed by atoms with Gasteiger partial charge in [0.05, 0.1) is 11.5 Å². The normalized spacial score (nSPS) is 13.6. The average molecular weight is 222 g/mol. The molecule has 5 nitrogen and oxygen atoms in total. The van der Waals surface area contributed by atoms with Gasteiger partial charge in [0.15, 0.2) is 9.84 Å². The minimum atomic E-state index is -3.09. The number of hydrogen-bond donors (Lipinski definition) is 2. The summed E-state index contributed by atoms with van der Waals surface area (Å²) in [7, 11) is -1.56. The Morgan fingerprint density at radius 1 is 1.50 bits per heavy atom. The molecule has 1 atom stereocenters. The first-order chi connectivity index (χ1) is 6.37. The van der Waals surface area contributed by atoms with Crippen LogP contribution in [0, 0.1) is 0 Å². The number of rotatable bonds is 6. The highest BCUT2D eigenvalue weighted by Crippen LogP contribution is 1.99. The van der Waals surface area contributed by atoms with Crippen molar-refractivity contribution < 1.29 is 13.2 Å². The molecule has 1 unspecified atom stereocenters. The largest absolute Gasteiger partial charge is 0.359 e. The molecule has 0 aliphatic carbocycles. The number of nitrogens with two attached hydrogens (primary N) is 1. The maximum absolute atomic E-state index is 11.3. The summed E-state index contributed by atoms with van der Waals surface area (Å²) in [5.41, 5.74) is 5.38. The van der Waals surface area contributed by atoms with Gasteiger partial charge in [-0.2, -0.15) is 0 Å². The van der Waals surface area contributed by atoms with Crippen LogP contribution in [0.3, 0.4) is 0 Å². The van der Waals surface area contributed by atoms with Crippen molar-refractivity contribution in [3.8, 4) is 0 Å². The number of carbonyl (C=O) groups excluding carboxylic acids is 1. The Balaban J connectivity index is 3.83. The van der Waals surface area contributed by atoms with E-state index in [1.807, 2.05) is 0 Å². The second kappa shape index (κ2) is 5.98. The number of amides is 1. The van der Waals surface area contributed by atoms with Gasteiger partial charge < -0.3 is 11.1 Å². The molecular weight excluding hydrogens is 204 g/mol. The van der Waals surface area contributed by atoms with E-state index in [-0.39, 0.29) is 29.9 Å². The Bertz CT molecular complexity index is 272. The highest BCUT2D eigenvalue weighted by atomic mass is 32.2. The predicted octanol–water partition coefficient (Wildman–Crippen LogP) is -0.725. The van der Waals surface area contributed by atoms with E-state index >= 15 is 0 Å². The molecule has 0 saturated heterocycles. The van der Waals surface area contributed by atoms with Crippen LogP contribution in [0.15, 0.2) is 0 Å². The molecule has 0 aromatic carbocycles. The van der Waals surface area contributed by atoms with E-state index in [2.05, 4.69) is 5.32 Å². The summed E-state index contributed by atoms with van der Waals surface area (Å²) in [6, 6.07) is -0.347. The maximum atomic E-state index is 11.3. The highest BCUT2D eigenvalue weighted by molar-refractivity contribution is 7.91. The maximum Gasteiger partial charge on any atom is 0.219 e. The van der Waals surface area contributed by atoms with Crippen molar-refractivity contribution in [3.05, 3.63) is 0 Å². The lowest BCUT2D eigenvalue weighted by molar-refractivity contribution is -0.120. The summed E-state index contributed by atoms with van der Waals surface area (Å²) in [4.78, 5) is 10.8. The third kappa shape index (κ3) is 6.85. The standard InChI is InChI=1S/C8H18N2O3S/c1-7(9)6-14(12,13)5-3-4-8(11)10-2/h7H,3-6,9H2,1-2H3,(H,10,11). The van der Waals surface area contributed by atoms with Gasteiger partial charge in [-0.3, -0.25) is 4.79 Å². The topological polar surface area (TPSA) is 89.3 Å². The fourth-order valence-electron chi connectivity index (χ4n) is 1.06. The molecule has 1 amide bonds. The summed E-state index contributed by atoms with van der Waals surface area (Å²) in [6.07, 6.45) is 0.601. The lowest BCUT2D eigenvalue weighted by Crippen LogP contribution is -2.28. The first-order valence-corrected chi connectivity index (χ1v) is 6.36. The quantitative estimate of drug-likeness (QED) is 0.620. The number of hydrogen-bond acceptors (Lipinski definition) is 4. The van der Waals surface area contributed by atoms with Crippen LogP contribution in [-0.4, -0.2) is 38.9 Å². The monoisotopic (exact) mass is 222 g/mol. The average Bonchev–Trinajstić information content (AvgIpc) is 2.01. The van der Waals surface area contributed by atoms with Gasteiger partial charge in [0, 0.05) is 19.5 Å². The Kier molecular flexibility index (Phi) is 5.71. The van der Waals surface area contributed by atoms with E-state index in [9.17, 15) is 13.2 Å². The molecule has 0 spiro atoms. The van der Waals surface area contributed by atoms with Crippen molar-refractivity contribution in [3.63, 3.8) is 0 Å². The van der Waals surface area contributed by atoms with Gasteiger partial charge in [0.2, 0.25) is 5.91 Å². The van der Waals surface area contributed by atoms with Crippen LogP contribution in [0.25, 0.3) is 0 Å². The molecule has 0 rings (SSSR count). The highest BCUT2D eigenvalue weighted by Gasteiger charge is 2.13. The Morgan fingerprint density at radius 3 is 2.50 bits per heavy atom. The fraction of sp³-hybridized carbons (Fsp3) is 0.875. The fourth-order valence-corrected chi connectivity index (χ4v) is 2.61. The molecule has 0 aromatic rings. The molecule has 0 aliphatic rings. The minimum Gasteiger partial charge on any atom is -0.359 e. The molecule has 3 N–H and O–H groups in total. The zero-order valence-corrected chi connectivity index (χ0v) is 9.43. The van der Waals surface area contributed by atoms with Crippen molar-refractivity contribution >= 4 is 15.7 Å². The summed E-state index contributed by atoms with van der Waals surface area (Å²) in [5.74, 6) is -0.121. The molecular formula is C8H18N2O3S. The van der Waals surface area contributed by atoms with E-state index in [0.717, 1.165) is 0 Å². The van der Waals surface area contributed by atoms with E-state index < -0.39 is 9.84 Å². The minimum absolute atomic E-state index is 0.0132. The molecule has 0 saturated carbocycles. The molecule has 14 heavy (non-hydrogen) atoms. The molecule has 0 aromatic heterocycles. The van der Waals surface area contributed by atoms with E-state index in [4.69, 9.17) is 5.73 Å². The van der Waals surface area contributed by atoms with Gasteiger partial charge in [-0.25, -0.2) is 8.42 Å². The first kappa shape index (κ1) is 13.4. The third-order valence-corrected chi connectivity index (χ3v) is 3.60. The number of carbonyl (C=O) groups is 1. The van der Waals surface area contributed by atoms with Gasteiger partial charge >= 0.3 is 0 Å². The van der Waals surface area contributed by atoms with Crippen LogP contribution in [0.1, 0.15) is 19.8 Å². The van der Waals surface area contributed by atoms with E-state index in [1.54, 1.807) is 6.92 Å². The van der Waals surface area contributed by atoms with Gasteiger partial charge in [-0.1, -0.05) is 0 Å². The van der Waals surface area contributed by atoms with E-state index in [0.29, 0.717) is 6.42 Å². The number of nitrogens with one attached hydrogen (secondary N) is 1. The molecule has 0 fully saturated rings. The van der Waals surface area contributed by atoms with E-state index in [1.165, 1.54) is 7.05 Å². The Labute approximate surface area is 85.0 Å². The predicted molar refractivity (Wildman–Crippen MR) is 55.6 cm³/mol. The molecule has 0 heterocycles. The van der Waals surface area contributed by atoms with Gasteiger partial charge in [0.25, 0.3) is 0 Å². The van der Waals surface area contributed by atoms with Crippen LogP contribution >= 0.6 is 0 Å². The van der Waals surface area contributed by atoms with Crippen molar-refractivity contribution in [2.45, 2.75) is 25.8 Å². The molecule has 84 valence electrons. The van der Waals surface area contributed by atoms with Crippen LogP contribution < -0.4 is 11.1 Å². The summed E-state index contributed by atoms with van der Waals surface area (Å²) >= 11 is 0. The SMILES string of the molecule is CNC(=O)CCCS(=O)(=O)CC(C)N. The third-order valence-electron chi connectivity index (χ3n) is 1.65. The van der Waals surface area contributed by atoms with Crippen molar-refractivity contribution in [1.29, 1.82) is 0 Å². The van der Waals surface area contributed by atoms with Crippen LogP contribution in [0.5, 0.6) is 0 Å². The zero-order valence-electron chi connectivity index (χ0n) is 8.62. The van der Waals surface area contributed by atoms with Crippen molar-refractivity contribution in [2.24, 2.45) is 5.73 Å².